The molecule has 0 aromatic heterocycles. The Labute approximate surface area is 106 Å². The molecular formula is C14H28N2O. The van der Waals surface area contributed by atoms with E-state index in [1.165, 1.54) is 58.0 Å². The van der Waals surface area contributed by atoms with Crippen LogP contribution in [0.2, 0.25) is 0 Å². The molecule has 100 valence electrons. The summed E-state index contributed by atoms with van der Waals surface area (Å²) in [6.45, 7) is 3.42. The molecule has 2 N–H and O–H groups in total. The molecule has 2 rings (SSSR count). The minimum absolute atomic E-state index is 0.503. The Hall–Kier alpha value is -0.120. The highest BCUT2D eigenvalue weighted by Gasteiger charge is 2.29. The highest BCUT2D eigenvalue weighted by atomic mass is 16.5. The predicted octanol–water partition coefficient (Wildman–Crippen LogP) is 2.00. The number of hydrogen-bond donors (Lipinski definition) is 1. The Bertz CT molecular complexity index is 220. The molecule has 3 heteroatoms. The van der Waals surface area contributed by atoms with Crippen molar-refractivity contribution < 1.29 is 4.74 Å². The molecule has 1 aliphatic heterocycles. The molecule has 1 saturated carbocycles. The first-order valence-electron chi connectivity index (χ1n) is 7.30. The van der Waals surface area contributed by atoms with Crippen molar-refractivity contribution in [3.8, 4) is 0 Å². The Morgan fingerprint density at radius 2 is 2.12 bits per heavy atom. The lowest BCUT2D eigenvalue weighted by Gasteiger charge is -2.41. The van der Waals surface area contributed by atoms with Crippen LogP contribution in [0, 0.1) is 5.92 Å². The maximum absolute atomic E-state index is 5.69. The van der Waals surface area contributed by atoms with Crippen LogP contribution >= 0.6 is 0 Å². The average molecular weight is 240 g/mol. The summed E-state index contributed by atoms with van der Waals surface area (Å²) in [5.74, 6) is 0.844. The van der Waals surface area contributed by atoms with E-state index < -0.39 is 0 Å². The van der Waals surface area contributed by atoms with Crippen molar-refractivity contribution in [1.29, 1.82) is 0 Å². The quantitative estimate of drug-likeness (QED) is 0.817. The Morgan fingerprint density at radius 1 is 1.24 bits per heavy atom. The third kappa shape index (κ3) is 3.67. The molecule has 17 heavy (non-hydrogen) atoms. The van der Waals surface area contributed by atoms with Crippen molar-refractivity contribution in [2.75, 3.05) is 26.7 Å². The van der Waals surface area contributed by atoms with Crippen molar-refractivity contribution in [2.24, 2.45) is 11.7 Å². The summed E-state index contributed by atoms with van der Waals surface area (Å²) in [4.78, 5) is 2.72. The monoisotopic (exact) mass is 240 g/mol. The van der Waals surface area contributed by atoms with Gasteiger partial charge in [-0.15, -0.1) is 0 Å². The van der Waals surface area contributed by atoms with E-state index in [-0.39, 0.29) is 0 Å². The van der Waals surface area contributed by atoms with Crippen LogP contribution in [-0.2, 0) is 4.74 Å². The van der Waals surface area contributed by atoms with Crippen molar-refractivity contribution in [3.63, 3.8) is 0 Å². The van der Waals surface area contributed by atoms with Crippen molar-refractivity contribution >= 4 is 0 Å². The molecule has 3 nitrogen and oxygen atoms in total. The van der Waals surface area contributed by atoms with Gasteiger partial charge < -0.3 is 15.4 Å². The van der Waals surface area contributed by atoms with E-state index >= 15 is 0 Å². The zero-order valence-electron chi connectivity index (χ0n) is 11.2. The highest BCUT2D eigenvalue weighted by molar-refractivity contribution is 4.84. The molecule has 2 aliphatic rings. The van der Waals surface area contributed by atoms with Gasteiger partial charge in [0, 0.05) is 19.7 Å². The minimum Gasteiger partial charge on any atom is -0.381 e. The molecule has 0 aromatic carbocycles. The van der Waals surface area contributed by atoms with Crippen molar-refractivity contribution in [1.82, 2.24) is 4.90 Å². The molecule has 0 amide bonds. The van der Waals surface area contributed by atoms with Crippen LogP contribution in [0.25, 0.3) is 0 Å². The first-order chi connectivity index (χ1) is 8.33. The lowest BCUT2D eigenvalue weighted by Crippen LogP contribution is -2.46. The van der Waals surface area contributed by atoms with Gasteiger partial charge in [0.1, 0.15) is 0 Å². The number of methoxy groups -OCH3 is 1. The lowest BCUT2D eigenvalue weighted by atomic mass is 9.88. The molecule has 1 saturated heterocycles. The predicted molar refractivity (Wildman–Crippen MR) is 71.0 cm³/mol. The van der Waals surface area contributed by atoms with Gasteiger partial charge in [-0.05, 0) is 64.0 Å². The van der Waals surface area contributed by atoms with Gasteiger partial charge in [0.2, 0.25) is 0 Å². The SMILES string of the molecule is COC1CCCC(N2CCCC(CCN)C2)C1. The van der Waals surface area contributed by atoms with E-state index in [1.807, 2.05) is 7.11 Å². The topological polar surface area (TPSA) is 38.5 Å². The second-order valence-electron chi connectivity index (χ2n) is 5.76. The van der Waals surface area contributed by atoms with E-state index in [0.29, 0.717) is 6.10 Å². The number of nitrogens with zero attached hydrogens (tertiary/aromatic N) is 1. The third-order valence-corrected chi connectivity index (χ3v) is 4.57. The summed E-state index contributed by atoms with van der Waals surface area (Å²) in [7, 11) is 1.86. The van der Waals surface area contributed by atoms with Crippen LogP contribution in [0.1, 0.15) is 44.9 Å². The van der Waals surface area contributed by atoms with Gasteiger partial charge in [-0.3, -0.25) is 0 Å². The Morgan fingerprint density at radius 3 is 2.88 bits per heavy atom. The van der Waals surface area contributed by atoms with Crippen molar-refractivity contribution in [3.05, 3.63) is 0 Å². The minimum atomic E-state index is 0.503. The van der Waals surface area contributed by atoms with Gasteiger partial charge in [0.05, 0.1) is 6.10 Å². The van der Waals surface area contributed by atoms with Gasteiger partial charge in [-0.1, -0.05) is 0 Å². The van der Waals surface area contributed by atoms with Crippen LogP contribution in [-0.4, -0.2) is 43.8 Å². The van der Waals surface area contributed by atoms with Crippen LogP contribution in [0.15, 0.2) is 0 Å². The normalized spacial score (nSPS) is 36.0. The first-order valence-corrected chi connectivity index (χ1v) is 7.30. The maximum Gasteiger partial charge on any atom is 0.0586 e. The van der Waals surface area contributed by atoms with Crippen LogP contribution in [0.5, 0.6) is 0 Å². The molecular weight excluding hydrogens is 212 g/mol. The summed E-state index contributed by atoms with van der Waals surface area (Å²) < 4.78 is 5.54. The summed E-state index contributed by atoms with van der Waals surface area (Å²) in [6, 6.07) is 0.772. The van der Waals surface area contributed by atoms with Gasteiger partial charge in [0.25, 0.3) is 0 Å². The highest BCUT2D eigenvalue weighted by Crippen LogP contribution is 2.29. The Kier molecular flexibility index (Phi) is 5.26. The number of hydrogen-bond acceptors (Lipinski definition) is 3. The zero-order chi connectivity index (χ0) is 12.1. The molecule has 1 aliphatic carbocycles. The van der Waals surface area contributed by atoms with Crippen LogP contribution in [0.3, 0.4) is 0 Å². The number of piperidine rings is 1. The first kappa shape index (κ1) is 13.3. The molecule has 0 aromatic rings. The second-order valence-corrected chi connectivity index (χ2v) is 5.76. The summed E-state index contributed by atoms with van der Waals surface area (Å²) >= 11 is 0. The van der Waals surface area contributed by atoms with Gasteiger partial charge in [-0.2, -0.15) is 0 Å². The van der Waals surface area contributed by atoms with E-state index in [0.717, 1.165) is 18.5 Å². The third-order valence-electron chi connectivity index (χ3n) is 4.57. The Balaban J connectivity index is 1.83. The summed E-state index contributed by atoms with van der Waals surface area (Å²) in [5, 5.41) is 0. The number of ether oxygens (including phenoxy) is 1. The molecule has 0 radical (unpaired) electrons. The summed E-state index contributed by atoms with van der Waals surface area (Å²) in [5.41, 5.74) is 5.69. The smallest absolute Gasteiger partial charge is 0.0586 e. The van der Waals surface area contributed by atoms with E-state index in [2.05, 4.69) is 4.90 Å². The van der Waals surface area contributed by atoms with Gasteiger partial charge >= 0.3 is 0 Å². The lowest BCUT2D eigenvalue weighted by molar-refractivity contribution is 0.0145. The van der Waals surface area contributed by atoms with Gasteiger partial charge in [0.15, 0.2) is 0 Å². The van der Waals surface area contributed by atoms with E-state index in [4.69, 9.17) is 10.5 Å². The standard InChI is InChI=1S/C14H28N2O/c1-17-14-6-2-5-13(10-14)16-9-3-4-12(11-16)7-8-15/h12-14H,2-11,15H2,1H3. The molecule has 0 spiro atoms. The molecule has 3 atom stereocenters. The van der Waals surface area contributed by atoms with Gasteiger partial charge in [-0.25, -0.2) is 0 Å². The van der Waals surface area contributed by atoms with Crippen molar-refractivity contribution in [2.45, 2.75) is 57.1 Å². The molecule has 0 bridgehead atoms. The fourth-order valence-corrected chi connectivity index (χ4v) is 3.57. The molecule has 3 unspecified atom stereocenters. The fraction of sp³-hybridized carbons (Fsp3) is 1.00. The molecule has 1 heterocycles. The summed E-state index contributed by atoms with van der Waals surface area (Å²) in [6.07, 6.45) is 9.66. The number of likely N-dealkylation sites (tertiary alicyclic amines) is 1. The number of rotatable bonds is 4. The number of nitrogens with two attached hydrogens (primary N) is 1. The van der Waals surface area contributed by atoms with Crippen LogP contribution < -0.4 is 5.73 Å². The zero-order valence-corrected chi connectivity index (χ0v) is 11.2. The molecule has 2 fully saturated rings. The van der Waals surface area contributed by atoms with E-state index in [1.54, 1.807) is 0 Å². The maximum atomic E-state index is 5.69. The van der Waals surface area contributed by atoms with Crippen LogP contribution in [0.4, 0.5) is 0 Å². The second kappa shape index (κ2) is 6.72. The fourth-order valence-electron chi connectivity index (χ4n) is 3.57. The average Bonchev–Trinajstić information content (AvgIpc) is 2.40. The van der Waals surface area contributed by atoms with E-state index in [9.17, 15) is 0 Å². The largest absolute Gasteiger partial charge is 0.381 e.